The summed E-state index contributed by atoms with van der Waals surface area (Å²) < 4.78 is 0. The molecule has 1 saturated heterocycles. The van der Waals surface area contributed by atoms with Crippen molar-refractivity contribution in [1.29, 1.82) is 0 Å². The maximum absolute atomic E-state index is 12.9. The van der Waals surface area contributed by atoms with Crippen molar-refractivity contribution < 1.29 is 4.79 Å². The van der Waals surface area contributed by atoms with Crippen LogP contribution in [-0.4, -0.2) is 28.4 Å². The van der Waals surface area contributed by atoms with Gasteiger partial charge >= 0.3 is 0 Å². The van der Waals surface area contributed by atoms with Gasteiger partial charge in [-0.3, -0.25) is 4.79 Å². The molecule has 1 N–H and O–H groups in total. The van der Waals surface area contributed by atoms with Crippen LogP contribution in [0.1, 0.15) is 54.1 Å². The average Bonchev–Trinajstić information content (AvgIpc) is 3.47. The number of hydrogen-bond donors (Lipinski definition) is 1. The molecule has 1 aliphatic carbocycles. The third-order valence-electron chi connectivity index (χ3n) is 4.88. The number of piperidine rings is 1. The van der Waals surface area contributed by atoms with Crippen LogP contribution in [-0.2, 0) is 0 Å². The van der Waals surface area contributed by atoms with Crippen LogP contribution in [0.3, 0.4) is 0 Å². The summed E-state index contributed by atoms with van der Waals surface area (Å²) in [6.07, 6.45) is 7.66. The number of benzene rings is 1. The van der Waals surface area contributed by atoms with Gasteiger partial charge in [-0.2, -0.15) is 0 Å². The molecule has 2 heterocycles. The van der Waals surface area contributed by atoms with Crippen LogP contribution >= 0.6 is 0 Å². The first-order valence-electron chi connectivity index (χ1n) is 8.90. The molecule has 2 fully saturated rings. The Morgan fingerprint density at radius 2 is 1.88 bits per heavy atom. The lowest BCUT2D eigenvalue weighted by molar-refractivity contribution is 0.0611. The van der Waals surface area contributed by atoms with Gasteiger partial charge in [-0.25, -0.2) is 4.98 Å². The van der Waals surface area contributed by atoms with Crippen molar-refractivity contribution in [2.24, 2.45) is 0 Å². The van der Waals surface area contributed by atoms with E-state index in [9.17, 15) is 4.79 Å². The fraction of sp³-hybridized carbons (Fsp3) is 0.400. The van der Waals surface area contributed by atoms with Crippen LogP contribution in [0.15, 0.2) is 48.7 Å². The van der Waals surface area contributed by atoms with Crippen LogP contribution in [0.4, 0.5) is 5.82 Å². The monoisotopic (exact) mass is 321 g/mol. The first-order chi connectivity index (χ1) is 11.8. The number of carbonyl (C=O) groups excluding carboxylic acids is 1. The Kier molecular flexibility index (Phi) is 4.20. The summed E-state index contributed by atoms with van der Waals surface area (Å²) in [6, 6.07) is 14.5. The second kappa shape index (κ2) is 6.63. The molecule has 4 heteroatoms. The smallest absolute Gasteiger partial charge is 0.254 e. The summed E-state index contributed by atoms with van der Waals surface area (Å²) in [6.45, 7) is 0.820. The number of nitrogens with one attached hydrogen (secondary N) is 1. The lowest BCUT2D eigenvalue weighted by Gasteiger charge is -2.36. The molecule has 4 nitrogen and oxygen atoms in total. The van der Waals surface area contributed by atoms with Gasteiger partial charge in [0.05, 0.1) is 6.04 Å². The maximum atomic E-state index is 12.9. The Balaban J connectivity index is 1.54. The number of hydrogen-bond acceptors (Lipinski definition) is 3. The maximum Gasteiger partial charge on any atom is 0.254 e. The zero-order chi connectivity index (χ0) is 16.4. The number of rotatable bonds is 4. The Bertz CT molecular complexity index is 695. The van der Waals surface area contributed by atoms with E-state index < -0.39 is 0 Å². The molecular formula is C20H23N3O. The van der Waals surface area contributed by atoms with Crippen LogP contribution in [0.2, 0.25) is 0 Å². The number of likely N-dealkylation sites (tertiary alicyclic amines) is 1. The second-order valence-electron chi connectivity index (χ2n) is 6.77. The fourth-order valence-corrected chi connectivity index (χ4v) is 3.39. The van der Waals surface area contributed by atoms with Gasteiger partial charge < -0.3 is 10.2 Å². The number of amides is 1. The van der Waals surface area contributed by atoms with Crippen LogP contribution in [0.5, 0.6) is 0 Å². The van der Waals surface area contributed by atoms with Crippen molar-refractivity contribution >= 4 is 11.7 Å². The van der Waals surface area contributed by atoms with Crippen molar-refractivity contribution in [2.45, 2.75) is 44.2 Å². The molecular weight excluding hydrogens is 298 g/mol. The van der Waals surface area contributed by atoms with Crippen LogP contribution < -0.4 is 5.32 Å². The van der Waals surface area contributed by atoms with Crippen LogP contribution in [0, 0.1) is 0 Å². The molecule has 1 aromatic heterocycles. The zero-order valence-electron chi connectivity index (χ0n) is 13.8. The van der Waals surface area contributed by atoms with Gasteiger partial charge in [0.2, 0.25) is 0 Å². The van der Waals surface area contributed by atoms with Crippen molar-refractivity contribution in [3.05, 3.63) is 59.8 Å². The van der Waals surface area contributed by atoms with E-state index in [1.807, 2.05) is 47.5 Å². The van der Waals surface area contributed by atoms with Crippen molar-refractivity contribution in [3.8, 4) is 0 Å². The first-order valence-corrected chi connectivity index (χ1v) is 8.90. The molecule has 0 bridgehead atoms. The zero-order valence-corrected chi connectivity index (χ0v) is 13.8. The predicted molar refractivity (Wildman–Crippen MR) is 95.0 cm³/mol. The highest BCUT2D eigenvalue weighted by Crippen LogP contribution is 2.32. The fourth-order valence-electron chi connectivity index (χ4n) is 3.39. The normalized spacial score (nSPS) is 20.7. The predicted octanol–water partition coefficient (Wildman–Crippen LogP) is 4.02. The first kappa shape index (κ1) is 15.2. The Hall–Kier alpha value is -2.36. The molecule has 124 valence electrons. The van der Waals surface area contributed by atoms with E-state index in [4.69, 9.17) is 0 Å². The van der Waals surface area contributed by atoms with E-state index in [0.717, 1.165) is 42.8 Å². The molecule has 0 radical (unpaired) electrons. The van der Waals surface area contributed by atoms with Gasteiger partial charge in [-0.15, -0.1) is 0 Å². The molecule has 1 atom stereocenters. The topological polar surface area (TPSA) is 45.2 Å². The lowest BCUT2D eigenvalue weighted by atomic mass is 9.95. The van der Waals surface area contributed by atoms with E-state index in [0.29, 0.717) is 6.04 Å². The SMILES string of the molecule is O=C(c1ccccc1)N1CCCC[C@@H]1c1ccc(NC2CC2)nc1. The van der Waals surface area contributed by atoms with E-state index in [1.165, 1.54) is 12.8 Å². The molecule has 0 spiro atoms. The molecule has 1 aromatic carbocycles. The van der Waals surface area contributed by atoms with E-state index in [2.05, 4.69) is 16.4 Å². The quantitative estimate of drug-likeness (QED) is 0.925. The highest BCUT2D eigenvalue weighted by molar-refractivity contribution is 5.94. The van der Waals surface area contributed by atoms with Gasteiger partial charge in [0.15, 0.2) is 0 Å². The number of pyridine rings is 1. The molecule has 2 aliphatic rings. The molecule has 1 saturated carbocycles. The van der Waals surface area contributed by atoms with E-state index in [1.54, 1.807) is 0 Å². The van der Waals surface area contributed by atoms with E-state index >= 15 is 0 Å². The van der Waals surface area contributed by atoms with Gasteiger partial charge in [-0.05, 0) is 55.9 Å². The summed E-state index contributed by atoms with van der Waals surface area (Å²) in [4.78, 5) is 19.5. The Labute approximate surface area is 142 Å². The summed E-state index contributed by atoms with van der Waals surface area (Å²) in [5, 5.41) is 3.41. The van der Waals surface area contributed by atoms with Crippen LogP contribution in [0.25, 0.3) is 0 Å². The molecule has 4 rings (SSSR count). The summed E-state index contributed by atoms with van der Waals surface area (Å²) in [7, 11) is 0. The molecule has 1 amide bonds. The highest BCUT2D eigenvalue weighted by atomic mass is 16.2. The second-order valence-corrected chi connectivity index (χ2v) is 6.77. The van der Waals surface area contributed by atoms with Crippen molar-refractivity contribution in [1.82, 2.24) is 9.88 Å². The third-order valence-corrected chi connectivity index (χ3v) is 4.88. The molecule has 0 unspecified atom stereocenters. The van der Waals surface area contributed by atoms with E-state index in [-0.39, 0.29) is 11.9 Å². The number of nitrogens with zero attached hydrogens (tertiary/aromatic N) is 2. The highest BCUT2D eigenvalue weighted by Gasteiger charge is 2.29. The number of anilines is 1. The summed E-state index contributed by atoms with van der Waals surface area (Å²) >= 11 is 0. The Morgan fingerprint density at radius 3 is 2.58 bits per heavy atom. The van der Waals surface area contributed by atoms with Gasteiger partial charge in [0.25, 0.3) is 5.91 Å². The van der Waals surface area contributed by atoms with Crippen molar-refractivity contribution in [2.75, 3.05) is 11.9 Å². The largest absolute Gasteiger partial charge is 0.367 e. The standard InChI is InChI=1S/C20H23N3O/c24-20(15-6-2-1-3-7-15)23-13-5-4-8-18(23)16-9-12-19(21-14-16)22-17-10-11-17/h1-3,6-7,9,12,14,17-18H,4-5,8,10-11,13H2,(H,21,22)/t18-/m1/s1. The third kappa shape index (κ3) is 3.28. The average molecular weight is 321 g/mol. The molecule has 1 aliphatic heterocycles. The Morgan fingerprint density at radius 1 is 1.04 bits per heavy atom. The van der Waals surface area contributed by atoms with Crippen molar-refractivity contribution in [3.63, 3.8) is 0 Å². The summed E-state index contributed by atoms with van der Waals surface area (Å²) in [5.41, 5.74) is 1.91. The number of carbonyl (C=O) groups is 1. The molecule has 2 aromatic rings. The minimum Gasteiger partial charge on any atom is -0.367 e. The molecule has 24 heavy (non-hydrogen) atoms. The van der Waals surface area contributed by atoms with Gasteiger partial charge in [0.1, 0.15) is 5.82 Å². The minimum absolute atomic E-state index is 0.125. The lowest BCUT2D eigenvalue weighted by Crippen LogP contribution is -2.38. The van der Waals surface area contributed by atoms with Gasteiger partial charge in [-0.1, -0.05) is 24.3 Å². The van der Waals surface area contributed by atoms with Gasteiger partial charge in [0, 0.05) is 24.3 Å². The number of aromatic nitrogens is 1. The minimum atomic E-state index is 0.125. The summed E-state index contributed by atoms with van der Waals surface area (Å²) in [5.74, 6) is 1.07.